The summed E-state index contributed by atoms with van der Waals surface area (Å²) in [5, 5.41) is 12.7. The second-order valence-corrected chi connectivity index (χ2v) is 5.12. The van der Waals surface area contributed by atoms with Crippen molar-refractivity contribution in [3.05, 3.63) is 23.4 Å². The largest absolute Gasteiger partial charge is 0.502 e. The fraction of sp³-hybridized carbons (Fsp3) is 0.267. The van der Waals surface area contributed by atoms with Crippen LogP contribution in [0.3, 0.4) is 0 Å². The second kappa shape index (κ2) is 7.18. The zero-order valence-corrected chi connectivity index (χ0v) is 14.1. The lowest BCUT2D eigenvalue weighted by Crippen LogP contribution is -2.35. The number of esters is 1. The van der Waals surface area contributed by atoms with Crippen molar-refractivity contribution < 1.29 is 28.9 Å². The van der Waals surface area contributed by atoms with Crippen molar-refractivity contribution in [2.75, 3.05) is 27.9 Å². The number of phenols is 1. The van der Waals surface area contributed by atoms with Gasteiger partial charge in [-0.3, -0.25) is 14.5 Å². The van der Waals surface area contributed by atoms with Crippen LogP contribution in [-0.4, -0.2) is 54.9 Å². The highest BCUT2D eigenvalue weighted by Crippen LogP contribution is 2.37. The van der Waals surface area contributed by atoms with Gasteiger partial charge in [0.2, 0.25) is 5.75 Å². The molecule has 1 amide bonds. The molecular formula is C15H16N2O6S. The Bertz CT molecular complexity index is 706. The molecule has 1 aromatic carbocycles. The zero-order chi connectivity index (χ0) is 17.9. The fourth-order valence-corrected chi connectivity index (χ4v) is 2.33. The minimum Gasteiger partial charge on any atom is -0.502 e. The average Bonchev–Trinajstić information content (AvgIpc) is 2.83. The molecule has 0 atom stereocenters. The molecule has 128 valence electrons. The Hall–Kier alpha value is -2.81. The third-order valence-corrected chi connectivity index (χ3v) is 3.61. The number of carbonyl (C=O) groups excluding carboxylic acids is 2. The summed E-state index contributed by atoms with van der Waals surface area (Å²) in [4.78, 5) is 24.8. The van der Waals surface area contributed by atoms with Gasteiger partial charge in [-0.15, -0.1) is 0 Å². The predicted molar refractivity (Wildman–Crippen MR) is 88.7 cm³/mol. The molecule has 0 aromatic heterocycles. The van der Waals surface area contributed by atoms with Crippen LogP contribution in [0.1, 0.15) is 5.56 Å². The molecule has 8 nitrogen and oxygen atoms in total. The van der Waals surface area contributed by atoms with Gasteiger partial charge in [0.15, 0.2) is 16.6 Å². The quantitative estimate of drug-likeness (QED) is 0.453. The maximum absolute atomic E-state index is 12.3. The Morgan fingerprint density at radius 2 is 1.88 bits per heavy atom. The van der Waals surface area contributed by atoms with Gasteiger partial charge in [-0.1, -0.05) is 0 Å². The Morgan fingerprint density at radius 1 is 1.29 bits per heavy atom. The summed E-state index contributed by atoms with van der Waals surface area (Å²) in [7, 11) is 4.03. The van der Waals surface area contributed by atoms with Crippen molar-refractivity contribution in [2.24, 2.45) is 0 Å². The molecular weight excluding hydrogens is 336 g/mol. The number of hydrogen-bond donors (Lipinski definition) is 2. The minimum atomic E-state index is -0.582. The number of methoxy groups -OCH3 is 3. The molecule has 2 rings (SSSR count). The maximum atomic E-state index is 12.3. The van der Waals surface area contributed by atoms with E-state index in [1.165, 1.54) is 39.5 Å². The summed E-state index contributed by atoms with van der Waals surface area (Å²) < 4.78 is 14.7. The number of ether oxygens (including phenoxy) is 3. The molecule has 0 spiro atoms. The third kappa shape index (κ3) is 3.40. The van der Waals surface area contributed by atoms with Crippen LogP contribution in [0, 0.1) is 0 Å². The standard InChI is InChI=1S/C15H16N2O6S/c1-21-10-5-8(6-11(22-2)13(10)19)4-9-14(20)17(15(24)16-9)7-12(18)23-3/h4-6,19H,7H2,1-3H3,(H,16,24)/b9-4-. The molecule has 2 N–H and O–H groups in total. The van der Waals surface area contributed by atoms with Gasteiger partial charge >= 0.3 is 5.97 Å². The molecule has 1 aliphatic rings. The predicted octanol–water partition coefficient (Wildman–Crippen LogP) is 0.640. The molecule has 1 saturated heterocycles. The van der Waals surface area contributed by atoms with Crippen LogP contribution in [0.5, 0.6) is 17.2 Å². The van der Waals surface area contributed by atoms with Crippen LogP contribution >= 0.6 is 12.2 Å². The van der Waals surface area contributed by atoms with Gasteiger partial charge in [0.1, 0.15) is 12.2 Å². The maximum Gasteiger partial charge on any atom is 0.325 e. The molecule has 9 heteroatoms. The van der Waals surface area contributed by atoms with E-state index in [0.29, 0.717) is 5.56 Å². The second-order valence-electron chi connectivity index (χ2n) is 4.73. The summed E-state index contributed by atoms with van der Waals surface area (Å²) in [6.07, 6.45) is 1.51. The first-order valence-corrected chi connectivity index (χ1v) is 7.18. The number of nitrogens with zero attached hydrogens (tertiary/aromatic N) is 1. The molecule has 0 radical (unpaired) electrons. The first-order valence-electron chi connectivity index (χ1n) is 6.77. The summed E-state index contributed by atoms with van der Waals surface area (Å²) in [6.45, 7) is -0.277. The molecule has 1 heterocycles. The van der Waals surface area contributed by atoms with Crippen LogP contribution in [0.15, 0.2) is 17.8 Å². The smallest absolute Gasteiger partial charge is 0.325 e. The van der Waals surface area contributed by atoms with Gasteiger partial charge < -0.3 is 24.6 Å². The van der Waals surface area contributed by atoms with Crippen LogP contribution in [-0.2, 0) is 14.3 Å². The van der Waals surface area contributed by atoms with E-state index >= 15 is 0 Å². The molecule has 24 heavy (non-hydrogen) atoms. The highest BCUT2D eigenvalue weighted by atomic mass is 32.1. The van der Waals surface area contributed by atoms with Crippen molar-refractivity contribution in [2.45, 2.75) is 0 Å². The Morgan fingerprint density at radius 3 is 2.38 bits per heavy atom. The molecule has 1 aliphatic heterocycles. The van der Waals surface area contributed by atoms with Gasteiger partial charge in [-0.25, -0.2) is 0 Å². The van der Waals surface area contributed by atoms with Crippen molar-refractivity contribution in [1.82, 2.24) is 10.2 Å². The van der Waals surface area contributed by atoms with E-state index in [1.54, 1.807) is 0 Å². The number of hydrogen-bond acceptors (Lipinski definition) is 7. The van der Waals surface area contributed by atoms with Gasteiger partial charge in [0.25, 0.3) is 5.91 Å². The molecule has 0 saturated carbocycles. The van der Waals surface area contributed by atoms with Crippen LogP contribution in [0.25, 0.3) is 6.08 Å². The number of rotatable bonds is 5. The summed E-state index contributed by atoms with van der Waals surface area (Å²) in [5.41, 5.74) is 0.721. The van der Waals surface area contributed by atoms with Gasteiger partial charge in [-0.05, 0) is 36.0 Å². The van der Waals surface area contributed by atoms with E-state index in [2.05, 4.69) is 10.1 Å². The van der Waals surface area contributed by atoms with Crippen molar-refractivity contribution in [3.8, 4) is 17.2 Å². The van der Waals surface area contributed by atoms with E-state index in [0.717, 1.165) is 4.90 Å². The first-order chi connectivity index (χ1) is 11.4. The van der Waals surface area contributed by atoms with Gasteiger partial charge in [0.05, 0.1) is 21.3 Å². The minimum absolute atomic E-state index is 0.106. The van der Waals surface area contributed by atoms with Crippen molar-refractivity contribution >= 4 is 35.3 Å². The van der Waals surface area contributed by atoms with Crippen LogP contribution < -0.4 is 14.8 Å². The molecule has 0 unspecified atom stereocenters. The van der Waals surface area contributed by atoms with Crippen LogP contribution in [0.4, 0.5) is 0 Å². The lowest BCUT2D eigenvalue weighted by Gasteiger charge is -2.11. The Labute approximate surface area is 143 Å². The number of amides is 1. The highest BCUT2D eigenvalue weighted by Gasteiger charge is 2.32. The topological polar surface area (TPSA) is 97.3 Å². The first kappa shape index (κ1) is 17.5. The summed E-state index contributed by atoms with van der Waals surface area (Å²) >= 11 is 5.05. The molecule has 1 fully saturated rings. The van der Waals surface area contributed by atoms with E-state index in [9.17, 15) is 14.7 Å². The normalized spacial score (nSPS) is 15.5. The fourth-order valence-electron chi connectivity index (χ4n) is 2.07. The number of benzene rings is 1. The van der Waals surface area contributed by atoms with E-state index in [1.807, 2.05) is 0 Å². The summed E-state index contributed by atoms with van der Waals surface area (Å²) in [5.74, 6) is -0.796. The molecule has 0 bridgehead atoms. The number of phenolic OH excluding ortho intramolecular Hbond substituents is 1. The van der Waals surface area contributed by atoms with Gasteiger partial charge in [0, 0.05) is 0 Å². The van der Waals surface area contributed by atoms with Gasteiger partial charge in [-0.2, -0.15) is 0 Å². The Balaban J connectivity index is 2.33. The molecule has 0 aliphatic carbocycles. The van der Waals surface area contributed by atoms with Crippen LogP contribution in [0.2, 0.25) is 0 Å². The van der Waals surface area contributed by atoms with E-state index in [-0.39, 0.29) is 34.6 Å². The lowest BCUT2D eigenvalue weighted by atomic mass is 10.1. The third-order valence-electron chi connectivity index (χ3n) is 3.29. The summed E-state index contributed by atoms with van der Waals surface area (Å²) in [6, 6.07) is 3.07. The molecule has 1 aromatic rings. The highest BCUT2D eigenvalue weighted by molar-refractivity contribution is 7.80. The number of thiocarbonyl (C=S) groups is 1. The van der Waals surface area contributed by atoms with Crippen molar-refractivity contribution in [3.63, 3.8) is 0 Å². The lowest BCUT2D eigenvalue weighted by molar-refractivity contribution is -0.143. The number of carbonyl (C=O) groups is 2. The van der Waals surface area contributed by atoms with E-state index in [4.69, 9.17) is 21.7 Å². The number of aromatic hydroxyl groups is 1. The SMILES string of the molecule is COC(=O)CN1C(=O)/C(=C/c2cc(OC)c(O)c(OC)c2)NC1=S. The Kier molecular flexibility index (Phi) is 5.24. The van der Waals surface area contributed by atoms with E-state index < -0.39 is 11.9 Å². The monoisotopic (exact) mass is 352 g/mol. The number of nitrogens with one attached hydrogen (secondary N) is 1. The zero-order valence-electron chi connectivity index (χ0n) is 13.3. The van der Waals surface area contributed by atoms with Crippen molar-refractivity contribution in [1.29, 1.82) is 0 Å². The average molecular weight is 352 g/mol.